The number of hydrogen-bond donors (Lipinski definition) is 1. The van der Waals surface area contributed by atoms with Crippen molar-refractivity contribution in [3.05, 3.63) is 28.2 Å². The molecule has 1 unspecified atom stereocenters. The Kier molecular flexibility index (Phi) is 5.67. The van der Waals surface area contributed by atoms with E-state index < -0.39 is 0 Å². The molecule has 0 amide bonds. The molecule has 1 atom stereocenters. The van der Waals surface area contributed by atoms with E-state index in [0.717, 1.165) is 23.2 Å². The minimum atomic E-state index is -0.160. The zero-order valence-corrected chi connectivity index (χ0v) is 13.6. The molecule has 0 spiro atoms. The molecule has 0 heterocycles. The van der Waals surface area contributed by atoms with Crippen LogP contribution in [0.15, 0.2) is 22.7 Å². The van der Waals surface area contributed by atoms with E-state index in [1.165, 1.54) is 5.56 Å². The summed E-state index contributed by atoms with van der Waals surface area (Å²) in [4.78, 5) is 0. The fourth-order valence-corrected chi connectivity index (χ4v) is 2.45. The highest BCUT2D eigenvalue weighted by molar-refractivity contribution is 9.10. The van der Waals surface area contributed by atoms with Crippen molar-refractivity contribution >= 4 is 15.9 Å². The summed E-state index contributed by atoms with van der Waals surface area (Å²) in [5, 5.41) is 3.49. The van der Waals surface area contributed by atoms with Crippen molar-refractivity contribution in [2.45, 2.75) is 52.7 Å². The van der Waals surface area contributed by atoms with Gasteiger partial charge in [-0.15, -0.1) is 0 Å². The van der Waals surface area contributed by atoms with Gasteiger partial charge in [0.2, 0.25) is 0 Å². The van der Waals surface area contributed by atoms with Crippen LogP contribution in [0.5, 0.6) is 5.75 Å². The third-order valence-electron chi connectivity index (χ3n) is 2.56. The molecule has 0 aliphatic heterocycles. The third kappa shape index (κ3) is 4.99. The monoisotopic (exact) mass is 313 g/mol. The highest BCUT2D eigenvalue weighted by Gasteiger charge is 2.14. The Bertz CT molecular complexity index is 385. The van der Waals surface area contributed by atoms with Crippen molar-refractivity contribution in [1.29, 1.82) is 0 Å². The fourth-order valence-electron chi connectivity index (χ4n) is 1.75. The summed E-state index contributed by atoms with van der Waals surface area (Å²) in [6.07, 6.45) is 1.15. The topological polar surface area (TPSA) is 21.3 Å². The maximum Gasteiger partial charge on any atom is 0.121 e. The lowest BCUT2D eigenvalue weighted by atomic mass is 10.1. The number of rotatable bonds is 5. The Morgan fingerprint density at radius 3 is 2.50 bits per heavy atom. The fraction of sp³-hybridized carbons (Fsp3) is 0.600. The zero-order valence-electron chi connectivity index (χ0n) is 12.0. The molecule has 0 bridgehead atoms. The summed E-state index contributed by atoms with van der Waals surface area (Å²) in [6, 6.07) is 6.56. The second-order valence-corrected chi connectivity index (χ2v) is 6.43. The summed E-state index contributed by atoms with van der Waals surface area (Å²) in [5.41, 5.74) is 1.11. The summed E-state index contributed by atoms with van der Waals surface area (Å²) in [6.45, 7) is 11.6. The third-order valence-corrected chi connectivity index (χ3v) is 3.25. The Hall–Kier alpha value is -0.540. The molecule has 0 saturated carbocycles. The van der Waals surface area contributed by atoms with E-state index in [1.807, 2.05) is 12.1 Å². The van der Waals surface area contributed by atoms with Crippen molar-refractivity contribution in [2.75, 3.05) is 6.54 Å². The number of nitrogens with one attached hydrogen (secondary N) is 1. The van der Waals surface area contributed by atoms with Crippen molar-refractivity contribution in [1.82, 2.24) is 5.32 Å². The van der Waals surface area contributed by atoms with Crippen LogP contribution in [0.2, 0.25) is 0 Å². The van der Waals surface area contributed by atoms with E-state index in [-0.39, 0.29) is 5.60 Å². The van der Waals surface area contributed by atoms with Crippen LogP contribution in [-0.4, -0.2) is 12.1 Å². The Morgan fingerprint density at radius 1 is 1.33 bits per heavy atom. The molecule has 0 radical (unpaired) electrons. The SMILES string of the molecule is CCCNC(C)c1ccc(OC(C)(C)C)cc1Br. The quantitative estimate of drug-likeness (QED) is 0.851. The summed E-state index contributed by atoms with van der Waals surface area (Å²) in [7, 11) is 0. The maximum atomic E-state index is 5.85. The average Bonchev–Trinajstić information content (AvgIpc) is 2.23. The van der Waals surface area contributed by atoms with Gasteiger partial charge in [-0.2, -0.15) is 0 Å². The molecule has 18 heavy (non-hydrogen) atoms. The van der Waals surface area contributed by atoms with Gasteiger partial charge in [0.05, 0.1) is 0 Å². The highest BCUT2D eigenvalue weighted by Crippen LogP contribution is 2.29. The molecule has 102 valence electrons. The molecule has 0 saturated heterocycles. The highest BCUT2D eigenvalue weighted by atomic mass is 79.9. The molecule has 0 aromatic heterocycles. The molecule has 3 heteroatoms. The number of halogens is 1. The van der Waals surface area contributed by atoms with Crippen molar-refractivity contribution in [3.8, 4) is 5.75 Å². The predicted octanol–water partition coefficient (Wildman–Crippen LogP) is 4.69. The number of benzene rings is 1. The normalized spacial score (nSPS) is 13.4. The molecule has 0 aliphatic carbocycles. The molecular weight excluding hydrogens is 290 g/mol. The van der Waals surface area contributed by atoms with Gasteiger partial charge in [0.1, 0.15) is 11.4 Å². The number of hydrogen-bond acceptors (Lipinski definition) is 2. The van der Waals surface area contributed by atoms with Gasteiger partial charge in [-0.05, 0) is 58.4 Å². The minimum absolute atomic E-state index is 0.160. The van der Waals surface area contributed by atoms with Crippen molar-refractivity contribution < 1.29 is 4.74 Å². The smallest absolute Gasteiger partial charge is 0.121 e. The molecule has 1 rings (SSSR count). The maximum absolute atomic E-state index is 5.85. The van der Waals surface area contributed by atoms with Gasteiger partial charge in [-0.25, -0.2) is 0 Å². The molecule has 0 fully saturated rings. The van der Waals surface area contributed by atoms with Crippen LogP contribution in [0, 0.1) is 0 Å². The second-order valence-electron chi connectivity index (χ2n) is 5.57. The van der Waals surface area contributed by atoms with Crippen LogP contribution in [0.4, 0.5) is 0 Å². The summed E-state index contributed by atoms with van der Waals surface area (Å²) >= 11 is 3.63. The first-order valence-corrected chi connectivity index (χ1v) is 7.34. The van der Waals surface area contributed by atoms with Crippen LogP contribution in [-0.2, 0) is 0 Å². The lowest BCUT2D eigenvalue weighted by molar-refractivity contribution is 0.131. The molecular formula is C15H24BrNO. The Labute approximate surface area is 119 Å². The Balaban J connectivity index is 2.79. The zero-order chi connectivity index (χ0) is 13.8. The van der Waals surface area contributed by atoms with Crippen LogP contribution in [0.1, 0.15) is 52.6 Å². The molecule has 0 aliphatic rings. The van der Waals surface area contributed by atoms with Gasteiger partial charge in [-0.3, -0.25) is 0 Å². The van der Waals surface area contributed by atoms with Crippen LogP contribution in [0.3, 0.4) is 0 Å². The summed E-state index contributed by atoms with van der Waals surface area (Å²) < 4.78 is 6.95. The Morgan fingerprint density at radius 2 is 2.00 bits per heavy atom. The lowest BCUT2D eigenvalue weighted by Crippen LogP contribution is -2.23. The standard InChI is InChI=1S/C15H24BrNO/c1-6-9-17-11(2)13-8-7-12(10-14(13)16)18-15(3,4)5/h7-8,10-11,17H,6,9H2,1-5H3. The van der Waals surface area contributed by atoms with Crippen molar-refractivity contribution in [3.63, 3.8) is 0 Å². The molecule has 1 aromatic rings. The van der Waals surface area contributed by atoms with Gasteiger partial charge in [-0.1, -0.05) is 28.9 Å². The average molecular weight is 314 g/mol. The van der Waals surface area contributed by atoms with E-state index >= 15 is 0 Å². The van der Waals surface area contributed by atoms with Gasteiger partial charge < -0.3 is 10.1 Å². The largest absolute Gasteiger partial charge is 0.488 e. The summed E-state index contributed by atoms with van der Waals surface area (Å²) in [5.74, 6) is 0.904. The van der Waals surface area contributed by atoms with Crippen LogP contribution >= 0.6 is 15.9 Å². The second kappa shape index (κ2) is 6.58. The lowest BCUT2D eigenvalue weighted by Gasteiger charge is -2.22. The molecule has 1 N–H and O–H groups in total. The van der Waals surface area contributed by atoms with Gasteiger partial charge in [0.15, 0.2) is 0 Å². The predicted molar refractivity (Wildman–Crippen MR) is 81.2 cm³/mol. The first-order valence-electron chi connectivity index (χ1n) is 6.55. The first kappa shape index (κ1) is 15.5. The van der Waals surface area contributed by atoms with E-state index in [2.05, 4.69) is 61.9 Å². The molecule has 1 aromatic carbocycles. The van der Waals surface area contributed by atoms with E-state index in [9.17, 15) is 0 Å². The van der Waals surface area contributed by atoms with Gasteiger partial charge in [0.25, 0.3) is 0 Å². The minimum Gasteiger partial charge on any atom is -0.488 e. The van der Waals surface area contributed by atoms with Gasteiger partial charge in [0, 0.05) is 10.5 Å². The van der Waals surface area contributed by atoms with Gasteiger partial charge >= 0.3 is 0 Å². The number of ether oxygens (including phenoxy) is 1. The van der Waals surface area contributed by atoms with E-state index in [1.54, 1.807) is 0 Å². The van der Waals surface area contributed by atoms with E-state index in [0.29, 0.717) is 6.04 Å². The first-order chi connectivity index (χ1) is 8.33. The van der Waals surface area contributed by atoms with Crippen LogP contribution in [0.25, 0.3) is 0 Å². The molecule has 2 nitrogen and oxygen atoms in total. The van der Waals surface area contributed by atoms with Crippen LogP contribution < -0.4 is 10.1 Å². The van der Waals surface area contributed by atoms with E-state index in [4.69, 9.17) is 4.74 Å². The van der Waals surface area contributed by atoms with Crippen molar-refractivity contribution in [2.24, 2.45) is 0 Å².